The molecule has 7 nitrogen and oxygen atoms in total. The Morgan fingerprint density at radius 2 is 2.08 bits per heavy atom. The number of aromatic hydroxyl groups is 1. The Balaban J connectivity index is 1.99. The molecule has 5 rings (SSSR count). The first-order valence-electron chi connectivity index (χ1n) is 7.57. The van der Waals surface area contributed by atoms with Crippen LogP contribution in [0.4, 0.5) is 0 Å². The maximum absolute atomic E-state index is 13.0. The Labute approximate surface area is 140 Å². The minimum atomic E-state index is -1.56. The summed E-state index contributed by atoms with van der Waals surface area (Å²) >= 11 is 0. The minimum Gasteiger partial charge on any atom is -0.507 e. The van der Waals surface area contributed by atoms with Gasteiger partial charge in [-0.15, -0.1) is 0 Å². The van der Waals surface area contributed by atoms with Crippen LogP contribution < -0.4 is 14.9 Å². The van der Waals surface area contributed by atoms with Crippen molar-refractivity contribution in [3.05, 3.63) is 52.4 Å². The summed E-state index contributed by atoms with van der Waals surface area (Å²) in [6.07, 6.45) is 1.83. The van der Waals surface area contributed by atoms with Crippen molar-refractivity contribution in [2.75, 3.05) is 7.11 Å². The molecule has 2 N–H and O–H groups in total. The second-order valence-electron chi connectivity index (χ2n) is 5.95. The van der Waals surface area contributed by atoms with Crippen molar-refractivity contribution in [2.24, 2.45) is 0 Å². The summed E-state index contributed by atoms with van der Waals surface area (Å²) in [5.41, 5.74) is -1.25. The van der Waals surface area contributed by atoms with E-state index in [1.165, 1.54) is 31.6 Å². The molecule has 0 fully saturated rings. The van der Waals surface area contributed by atoms with Gasteiger partial charge >= 0.3 is 0 Å². The van der Waals surface area contributed by atoms with Crippen molar-refractivity contribution in [1.29, 1.82) is 0 Å². The van der Waals surface area contributed by atoms with Crippen LogP contribution in [0, 0.1) is 0 Å². The van der Waals surface area contributed by atoms with E-state index >= 15 is 0 Å². The van der Waals surface area contributed by atoms with E-state index in [1.54, 1.807) is 12.1 Å². The highest BCUT2D eigenvalue weighted by Crippen LogP contribution is 2.52. The first-order chi connectivity index (χ1) is 12.0. The zero-order valence-electron chi connectivity index (χ0n) is 13.0. The fourth-order valence-electron chi connectivity index (χ4n) is 3.49. The average Bonchev–Trinajstić information content (AvgIpc) is 3.06. The van der Waals surface area contributed by atoms with Crippen molar-refractivity contribution < 1.29 is 28.8 Å². The molecule has 3 heterocycles. The van der Waals surface area contributed by atoms with Crippen LogP contribution in [0.3, 0.4) is 0 Å². The van der Waals surface area contributed by atoms with Gasteiger partial charge in [0.25, 0.3) is 6.29 Å². The highest BCUT2D eigenvalue weighted by atomic mass is 16.7. The molecule has 2 aromatic carbocycles. The largest absolute Gasteiger partial charge is 0.507 e. The molecule has 1 aromatic heterocycles. The average molecular weight is 340 g/mol. The van der Waals surface area contributed by atoms with Crippen molar-refractivity contribution in [2.45, 2.75) is 11.9 Å². The van der Waals surface area contributed by atoms with E-state index in [1.807, 2.05) is 0 Å². The monoisotopic (exact) mass is 340 g/mol. The van der Waals surface area contributed by atoms with E-state index in [2.05, 4.69) is 0 Å². The summed E-state index contributed by atoms with van der Waals surface area (Å²) in [4.78, 5) is 13.0. The number of phenolic OH excluding ortho intramolecular Hbond substituents is 1. The molecule has 0 saturated carbocycles. The Hall–Kier alpha value is -3.19. The molecule has 0 radical (unpaired) electrons. The predicted octanol–water partition coefficient (Wildman–Crippen LogP) is 2.11. The Morgan fingerprint density at radius 1 is 1.24 bits per heavy atom. The third-order valence-corrected chi connectivity index (χ3v) is 4.61. The number of benzene rings is 2. The van der Waals surface area contributed by atoms with E-state index < -0.39 is 17.3 Å². The number of methoxy groups -OCH3 is 1. The van der Waals surface area contributed by atoms with E-state index in [-0.39, 0.29) is 33.4 Å². The number of ether oxygens (including phenoxy) is 3. The molecule has 3 aromatic rings. The normalized spacial score (nSPS) is 23.4. The molecule has 0 spiro atoms. The lowest BCUT2D eigenvalue weighted by Gasteiger charge is -2.19. The molecular formula is C18H12O7. The Bertz CT molecular complexity index is 1140. The van der Waals surface area contributed by atoms with Crippen LogP contribution in [0.15, 0.2) is 45.8 Å². The lowest BCUT2D eigenvalue weighted by atomic mass is 9.92. The zero-order chi connectivity index (χ0) is 17.3. The SMILES string of the molecule is COc1c2c(cc3oc4cccc(O)c4c(=O)c13)OC1OC=CC21O. The third kappa shape index (κ3) is 1.60. The minimum absolute atomic E-state index is 0.0499. The van der Waals surface area contributed by atoms with Gasteiger partial charge in [0, 0.05) is 6.07 Å². The zero-order valence-corrected chi connectivity index (χ0v) is 13.0. The summed E-state index contributed by atoms with van der Waals surface area (Å²) in [6.45, 7) is 0. The quantitative estimate of drug-likeness (QED) is 0.655. The second-order valence-corrected chi connectivity index (χ2v) is 5.95. The van der Waals surface area contributed by atoms with Crippen LogP contribution in [0.5, 0.6) is 17.2 Å². The van der Waals surface area contributed by atoms with Gasteiger partial charge < -0.3 is 28.8 Å². The fraction of sp³-hybridized carbons (Fsp3) is 0.167. The summed E-state index contributed by atoms with van der Waals surface area (Å²) in [7, 11) is 1.39. The van der Waals surface area contributed by atoms with Crippen molar-refractivity contribution >= 4 is 21.9 Å². The Morgan fingerprint density at radius 3 is 2.88 bits per heavy atom. The smallest absolute Gasteiger partial charge is 0.277 e. The van der Waals surface area contributed by atoms with E-state index in [4.69, 9.17) is 18.6 Å². The molecule has 2 aliphatic heterocycles. The number of hydrogen-bond donors (Lipinski definition) is 2. The van der Waals surface area contributed by atoms with E-state index in [0.717, 1.165) is 0 Å². The highest BCUT2D eigenvalue weighted by molar-refractivity contribution is 5.97. The topological polar surface area (TPSA) is 98.4 Å². The first-order valence-corrected chi connectivity index (χ1v) is 7.57. The van der Waals surface area contributed by atoms with Crippen LogP contribution in [-0.2, 0) is 10.3 Å². The highest BCUT2D eigenvalue weighted by Gasteiger charge is 2.53. The standard InChI is InChI=1S/C18H12O7/c1-22-16-13-10(24-9-4-2-3-8(19)12(9)15(13)20)7-11-14(16)18(21)5-6-23-17(18)25-11/h2-7,17,19,21H,1H3. The molecule has 7 heteroatoms. The third-order valence-electron chi connectivity index (χ3n) is 4.61. The number of fused-ring (bicyclic) bond motifs is 5. The molecule has 25 heavy (non-hydrogen) atoms. The van der Waals surface area contributed by atoms with Crippen LogP contribution in [-0.4, -0.2) is 23.6 Å². The van der Waals surface area contributed by atoms with Gasteiger partial charge in [0.15, 0.2) is 5.60 Å². The van der Waals surface area contributed by atoms with Crippen molar-refractivity contribution in [1.82, 2.24) is 0 Å². The second kappa shape index (κ2) is 4.46. The predicted molar refractivity (Wildman–Crippen MR) is 86.7 cm³/mol. The van der Waals surface area contributed by atoms with Crippen LogP contribution in [0.25, 0.3) is 21.9 Å². The number of phenols is 1. The lowest BCUT2D eigenvalue weighted by Crippen LogP contribution is -2.33. The van der Waals surface area contributed by atoms with Crippen molar-refractivity contribution in [3.63, 3.8) is 0 Å². The molecule has 0 amide bonds. The summed E-state index contributed by atoms with van der Waals surface area (Å²) in [5.74, 6) is 0.253. The molecule has 0 aliphatic carbocycles. The molecule has 126 valence electrons. The molecule has 0 saturated heterocycles. The number of rotatable bonds is 1. The van der Waals surface area contributed by atoms with Gasteiger partial charge in [0.2, 0.25) is 5.43 Å². The van der Waals surface area contributed by atoms with Crippen LogP contribution in [0.2, 0.25) is 0 Å². The molecule has 0 bridgehead atoms. The first kappa shape index (κ1) is 14.2. The van der Waals surface area contributed by atoms with Gasteiger partial charge in [-0.1, -0.05) is 6.07 Å². The maximum Gasteiger partial charge on any atom is 0.277 e. The van der Waals surface area contributed by atoms with Gasteiger partial charge in [-0.25, -0.2) is 0 Å². The lowest BCUT2D eigenvalue weighted by molar-refractivity contribution is -0.110. The number of hydrogen-bond acceptors (Lipinski definition) is 7. The van der Waals surface area contributed by atoms with Gasteiger partial charge in [0.1, 0.15) is 39.2 Å². The van der Waals surface area contributed by atoms with Crippen LogP contribution >= 0.6 is 0 Å². The number of aliphatic hydroxyl groups is 1. The summed E-state index contributed by atoms with van der Waals surface area (Å²) < 4.78 is 22.1. The fourth-order valence-corrected chi connectivity index (χ4v) is 3.49. The van der Waals surface area contributed by atoms with E-state index in [0.29, 0.717) is 11.3 Å². The van der Waals surface area contributed by atoms with Gasteiger partial charge in [0.05, 0.1) is 18.9 Å². The molecule has 2 atom stereocenters. The molecular weight excluding hydrogens is 328 g/mol. The van der Waals surface area contributed by atoms with Crippen molar-refractivity contribution in [3.8, 4) is 17.2 Å². The van der Waals surface area contributed by atoms with Crippen LogP contribution in [0.1, 0.15) is 5.56 Å². The van der Waals surface area contributed by atoms with Gasteiger partial charge in [-0.05, 0) is 18.2 Å². The Kier molecular flexibility index (Phi) is 2.53. The van der Waals surface area contributed by atoms with Gasteiger partial charge in [-0.2, -0.15) is 0 Å². The summed E-state index contributed by atoms with van der Waals surface area (Å²) in [5, 5.41) is 21.1. The van der Waals surface area contributed by atoms with E-state index in [9.17, 15) is 15.0 Å². The van der Waals surface area contributed by atoms with Gasteiger partial charge in [-0.3, -0.25) is 4.79 Å². The summed E-state index contributed by atoms with van der Waals surface area (Å²) in [6, 6.07) is 6.10. The molecule has 2 aliphatic rings. The molecule has 2 unspecified atom stereocenters. The maximum atomic E-state index is 13.0.